The van der Waals surface area contributed by atoms with Gasteiger partial charge in [0.05, 0.1) is 10.0 Å². The van der Waals surface area contributed by atoms with Crippen molar-refractivity contribution in [2.75, 3.05) is 6.61 Å². The number of halogens is 2. The van der Waals surface area contributed by atoms with E-state index >= 15 is 0 Å². The van der Waals surface area contributed by atoms with E-state index in [9.17, 15) is 0 Å². The van der Waals surface area contributed by atoms with Gasteiger partial charge in [-0.25, -0.2) is 0 Å². The van der Waals surface area contributed by atoms with Crippen molar-refractivity contribution in [2.45, 2.75) is 26.4 Å². The first-order valence-corrected chi connectivity index (χ1v) is 7.67. The first-order chi connectivity index (χ1) is 10.0. The summed E-state index contributed by atoms with van der Waals surface area (Å²) in [6.07, 6.45) is 0. The van der Waals surface area contributed by atoms with Crippen LogP contribution in [0.5, 0.6) is 5.75 Å². The number of nitrogens with one attached hydrogen (secondary N) is 1. The standard InChI is InChI=1S/C17H19Cl2NO/c1-12-3-6-15(7-4-12)21-11-13(2)20-10-14-5-8-16(18)17(19)9-14/h3-9,13,20H,10-11H2,1-2H3. The number of hydrogen-bond donors (Lipinski definition) is 1. The molecule has 0 aliphatic heterocycles. The smallest absolute Gasteiger partial charge is 0.119 e. The highest BCUT2D eigenvalue weighted by Crippen LogP contribution is 2.22. The molecule has 2 nitrogen and oxygen atoms in total. The largest absolute Gasteiger partial charge is 0.492 e. The molecule has 2 aromatic rings. The van der Waals surface area contributed by atoms with Crippen LogP contribution in [0.2, 0.25) is 10.0 Å². The van der Waals surface area contributed by atoms with E-state index in [1.54, 1.807) is 0 Å². The fourth-order valence-electron chi connectivity index (χ4n) is 1.86. The fourth-order valence-corrected chi connectivity index (χ4v) is 2.18. The SMILES string of the molecule is Cc1ccc(OCC(C)NCc2ccc(Cl)c(Cl)c2)cc1. The van der Waals surface area contributed by atoms with Gasteiger partial charge >= 0.3 is 0 Å². The van der Waals surface area contributed by atoms with Gasteiger partial charge in [0.15, 0.2) is 0 Å². The van der Waals surface area contributed by atoms with Crippen LogP contribution in [0, 0.1) is 6.92 Å². The lowest BCUT2D eigenvalue weighted by atomic mass is 10.2. The molecule has 112 valence electrons. The lowest BCUT2D eigenvalue weighted by molar-refractivity contribution is 0.272. The molecule has 0 radical (unpaired) electrons. The summed E-state index contributed by atoms with van der Waals surface area (Å²) in [5.41, 5.74) is 2.33. The van der Waals surface area contributed by atoms with Gasteiger partial charge in [-0.15, -0.1) is 0 Å². The molecular formula is C17H19Cl2NO. The van der Waals surface area contributed by atoms with E-state index in [0.29, 0.717) is 16.7 Å². The molecule has 0 aromatic heterocycles. The lowest BCUT2D eigenvalue weighted by Gasteiger charge is -2.15. The minimum absolute atomic E-state index is 0.237. The fraction of sp³-hybridized carbons (Fsp3) is 0.294. The number of rotatable bonds is 6. The van der Waals surface area contributed by atoms with Crippen molar-refractivity contribution in [3.05, 3.63) is 63.6 Å². The predicted molar refractivity (Wildman–Crippen MR) is 89.4 cm³/mol. The van der Waals surface area contributed by atoms with Crippen molar-refractivity contribution < 1.29 is 4.74 Å². The van der Waals surface area contributed by atoms with E-state index in [1.165, 1.54) is 5.56 Å². The number of hydrogen-bond acceptors (Lipinski definition) is 2. The maximum Gasteiger partial charge on any atom is 0.119 e. The molecule has 0 spiro atoms. The molecule has 21 heavy (non-hydrogen) atoms. The molecule has 0 bridgehead atoms. The number of aryl methyl sites for hydroxylation is 1. The van der Waals surface area contributed by atoms with E-state index < -0.39 is 0 Å². The molecule has 0 aliphatic rings. The minimum Gasteiger partial charge on any atom is -0.492 e. The van der Waals surface area contributed by atoms with Crippen LogP contribution in [-0.2, 0) is 6.54 Å². The van der Waals surface area contributed by atoms with Crippen LogP contribution in [0.4, 0.5) is 0 Å². The Kier molecular flexibility index (Phi) is 5.92. The van der Waals surface area contributed by atoms with Crippen molar-refractivity contribution in [3.8, 4) is 5.75 Å². The molecule has 0 amide bonds. The third kappa shape index (κ3) is 5.24. The molecule has 1 atom stereocenters. The van der Waals surface area contributed by atoms with Crippen LogP contribution in [0.15, 0.2) is 42.5 Å². The quantitative estimate of drug-likeness (QED) is 0.819. The summed E-state index contributed by atoms with van der Waals surface area (Å²) in [5, 5.41) is 4.56. The van der Waals surface area contributed by atoms with E-state index in [1.807, 2.05) is 42.5 Å². The van der Waals surface area contributed by atoms with Crippen molar-refractivity contribution >= 4 is 23.2 Å². The van der Waals surface area contributed by atoms with Crippen LogP contribution >= 0.6 is 23.2 Å². The van der Waals surface area contributed by atoms with Gasteiger partial charge in [0.2, 0.25) is 0 Å². The molecule has 1 N–H and O–H groups in total. The molecule has 4 heteroatoms. The second-order valence-electron chi connectivity index (χ2n) is 5.15. The third-order valence-corrected chi connectivity index (χ3v) is 3.90. The first kappa shape index (κ1) is 16.2. The summed E-state index contributed by atoms with van der Waals surface area (Å²) >= 11 is 11.9. The molecule has 2 aromatic carbocycles. The van der Waals surface area contributed by atoms with Crippen LogP contribution < -0.4 is 10.1 Å². The maximum atomic E-state index is 6.00. The Morgan fingerprint density at radius 1 is 1.05 bits per heavy atom. The Morgan fingerprint density at radius 2 is 1.76 bits per heavy atom. The van der Waals surface area contributed by atoms with E-state index in [4.69, 9.17) is 27.9 Å². The summed E-state index contributed by atoms with van der Waals surface area (Å²) in [5.74, 6) is 0.892. The summed E-state index contributed by atoms with van der Waals surface area (Å²) in [6.45, 7) is 5.50. The van der Waals surface area contributed by atoms with Crippen molar-refractivity contribution in [2.24, 2.45) is 0 Å². The molecular weight excluding hydrogens is 305 g/mol. The van der Waals surface area contributed by atoms with E-state index in [-0.39, 0.29) is 6.04 Å². The lowest BCUT2D eigenvalue weighted by Crippen LogP contribution is -2.31. The van der Waals surface area contributed by atoms with Crippen LogP contribution in [0.1, 0.15) is 18.1 Å². The van der Waals surface area contributed by atoms with Crippen molar-refractivity contribution in [1.29, 1.82) is 0 Å². The molecule has 0 saturated carbocycles. The van der Waals surface area contributed by atoms with Gasteiger partial charge < -0.3 is 10.1 Å². The summed E-state index contributed by atoms with van der Waals surface area (Å²) in [7, 11) is 0. The summed E-state index contributed by atoms with van der Waals surface area (Å²) < 4.78 is 5.74. The topological polar surface area (TPSA) is 21.3 Å². The Morgan fingerprint density at radius 3 is 2.43 bits per heavy atom. The summed E-state index contributed by atoms with van der Waals surface area (Å²) in [4.78, 5) is 0. The van der Waals surface area contributed by atoms with Gasteiger partial charge in [-0.1, -0.05) is 47.0 Å². The van der Waals surface area contributed by atoms with Gasteiger partial charge in [-0.05, 0) is 43.7 Å². The normalized spacial score (nSPS) is 12.2. The predicted octanol–water partition coefficient (Wildman–Crippen LogP) is 4.86. The molecule has 0 heterocycles. The molecule has 0 aliphatic carbocycles. The second-order valence-corrected chi connectivity index (χ2v) is 5.97. The van der Waals surface area contributed by atoms with E-state index in [2.05, 4.69) is 19.2 Å². The van der Waals surface area contributed by atoms with Gasteiger partial charge in [0, 0.05) is 12.6 Å². The Balaban J connectivity index is 1.77. The third-order valence-electron chi connectivity index (χ3n) is 3.16. The number of ether oxygens (including phenoxy) is 1. The second kappa shape index (κ2) is 7.69. The zero-order chi connectivity index (χ0) is 15.2. The zero-order valence-electron chi connectivity index (χ0n) is 12.2. The highest BCUT2D eigenvalue weighted by molar-refractivity contribution is 6.42. The highest BCUT2D eigenvalue weighted by Gasteiger charge is 2.04. The molecule has 0 fully saturated rings. The highest BCUT2D eigenvalue weighted by atomic mass is 35.5. The molecule has 2 rings (SSSR count). The van der Waals surface area contributed by atoms with Gasteiger partial charge in [0.1, 0.15) is 12.4 Å². The number of benzene rings is 2. The monoisotopic (exact) mass is 323 g/mol. The Labute approximate surface area is 136 Å². The maximum absolute atomic E-state index is 6.00. The van der Waals surface area contributed by atoms with Crippen molar-refractivity contribution in [1.82, 2.24) is 5.32 Å². The summed E-state index contributed by atoms with van der Waals surface area (Å²) in [6, 6.07) is 14.0. The average Bonchev–Trinajstić information content (AvgIpc) is 2.48. The average molecular weight is 324 g/mol. The Hall–Kier alpha value is -1.22. The Bertz CT molecular complexity index is 584. The van der Waals surface area contributed by atoms with Crippen LogP contribution in [-0.4, -0.2) is 12.6 Å². The molecule has 0 saturated heterocycles. The van der Waals surface area contributed by atoms with Gasteiger partial charge in [0.25, 0.3) is 0 Å². The zero-order valence-corrected chi connectivity index (χ0v) is 13.7. The van der Waals surface area contributed by atoms with Gasteiger partial charge in [-0.2, -0.15) is 0 Å². The van der Waals surface area contributed by atoms with Crippen molar-refractivity contribution in [3.63, 3.8) is 0 Å². The van der Waals surface area contributed by atoms with Crippen LogP contribution in [0.25, 0.3) is 0 Å². The minimum atomic E-state index is 0.237. The van der Waals surface area contributed by atoms with E-state index in [0.717, 1.165) is 17.9 Å². The van der Waals surface area contributed by atoms with Gasteiger partial charge in [-0.3, -0.25) is 0 Å². The first-order valence-electron chi connectivity index (χ1n) is 6.91. The molecule has 1 unspecified atom stereocenters. The van der Waals surface area contributed by atoms with Crippen LogP contribution in [0.3, 0.4) is 0 Å².